The van der Waals surface area contributed by atoms with Gasteiger partial charge in [-0.3, -0.25) is 4.90 Å². The summed E-state index contributed by atoms with van der Waals surface area (Å²) >= 11 is 0. The minimum atomic E-state index is -4.27. The second-order valence-electron chi connectivity index (χ2n) is 7.99. The Bertz CT molecular complexity index is 465. The molecule has 146 valence electrons. The summed E-state index contributed by atoms with van der Waals surface area (Å²) in [4.78, 5) is 16.3. The molecule has 0 aliphatic carbocycles. The van der Waals surface area contributed by atoms with Crippen LogP contribution in [-0.2, 0) is 9.47 Å². The maximum absolute atomic E-state index is 12.3. The molecule has 1 spiro atoms. The number of alkyl halides is 3. The Hall–Kier alpha value is -1.02. The first-order valence-corrected chi connectivity index (χ1v) is 8.88. The van der Waals surface area contributed by atoms with Crippen LogP contribution in [0.15, 0.2) is 0 Å². The summed E-state index contributed by atoms with van der Waals surface area (Å²) in [5, 5.41) is 0. The van der Waals surface area contributed by atoms with Gasteiger partial charge in [-0.1, -0.05) is 0 Å². The van der Waals surface area contributed by atoms with Gasteiger partial charge in [0, 0.05) is 38.3 Å². The molecule has 0 bridgehead atoms. The number of likely N-dealkylation sites (tertiary alicyclic amines) is 2. The number of amides is 1. The number of hydrogen-bond acceptors (Lipinski definition) is 4. The topological polar surface area (TPSA) is 42.0 Å². The van der Waals surface area contributed by atoms with Gasteiger partial charge in [0.15, 0.2) is 0 Å². The van der Waals surface area contributed by atoms with E-state index in [4.69, 9.17) is 4.74 Å². The first-order chi connectivity index (χ1) is 11.5. The lowest BCUT2D eigenvalue weighted by Crippen LogP contribution is -2.67. The molecule has 1 amide bonds. The van der Waals surface area contributed by atoms with Crippen LogP contribution in [0.25, 0.3) is 0 Å². The predicted molar refractivity (Wildman–Crippen MR) is 87.5 cm³/mol. The summed E-state index contributed by atoms with van der Waals surface area (Å²) in [7, 11) is 0. The summed E-state index contributed by atoms with van der Waals surface area (Å²) in [5.74, 6) is 0. The molecule has 2 aliphatic heterocycles. The van der Waals surface area contributed by atoms with E-state index in [1.54, 1.807) is 4.90 Å². The van der Waals surface area contributed by atoms with Crippen molar-refractivity contribution in [1.29, 1.82) is 0 Å². The van der Waals surface area contributed by atoms with E-state index in [0.29, 0.717) is 26.1 Å². The molecule has 2 heterocycles. The molecule has 8 heteroatoms. The van der Waals surface area contributed by atoms with Crippen LogP contribution < -0.4 is 0 Å². The largest absolute Gasteiger partial charge is 0.444 e. The predicted octanol–water partition coefficient (Wildman–Crippen LogP) is 3.43. The first kappa shape index (κ1) is 20.3. The molecule has 0 aromatic heterocycles. The number of piperidine rings is 1. The van der Waals surface area contributed by atoms with Gasteiger partial charge in [0.2, 0.25) is 0 Å². The van der Waals surface area contributed by atoms with Crippen molar-refractivity contribution >= 4 is 6.09 Å². The van der Waals surface area contributed by atoms with E-state index in [0.717, 1.165) is 25.8 Å². The number of carbonyl (C=O) groups excluding carboxylic acids is 1. The lowest BCUT2D eigenvalue weighted by Gasteiger charge is -2.57. The maximum Gasteiger partial charge on any atom is 0.411 e. The van der Waals surface area contributed by atoms with Gasteiger partial charge in [0.1, 0.15) is 12.2 Å². The van der Waals surface area contributed by atoms with Gasteiger partial charge in [-0.15, -0.1) is 0 Å². The van der Waals surface area contributed by atoms with Gasteiger partial charge < -0.3 is 14.4 Å². The van der Waals surface area contributed by atoms with Crippen molar-refractivity contribution in [1.82, 2.24) is 9.80 Å². The maximum atomic E-state index is 12.3. The molecule has 0 unspecified atom stereocenters. The number of nitrogens with zero attached hydrogens (tertiary/aromatic N) is 2. The van der Waals surface area contributed by atoms with Gasteiger partial charge in [-0.25, -0.2) is 4.79 Å². The first-order valence-electron chi connectivity index (χ1n) is 8.88. The second-order valence-corrected chi connectivity index (χ2v) is 7.99. The van der Waals surface area contributed by atoms with E-state index in [1.165, 1.54) is 0 Å². The van der Waals surface area contributed by atoms with Crippen LogP contribution in [0.1, 0.15) is 46.5 Å². The Kier molecular flexibility index (Phi) is 6.25. The van der Waals surface area contributed by atoms with Crippen LogP contribution in [0.4, 0.5) is 18.0 Å². The Labute approximate surface area is 147 Å². The van der Waals surface area contributed by atoms with Gasteiger partial charge in [0.05, 0.1) is 0 Å². The van der Waals surface area contributed by atoms with Crippen LogP contribution in [0.2, 0.25) is 0 Å². The zero-order valence-corrected chi connectivity index (χ0v) is 15.3. The van der Waals surface area contributed by atoms with E-state index >= 15 is 0 Å². The summed E-state index contributed by atoms with van der Waals surface area (Å²) in [6, 6.07) is 0. The molecule has 2 aliphatic rings. The molecule has 2 fully saturated rings. The average Bonchev–Trinajstić information content (AvgIpc) is 2.47. The molecule has 0 N–H and O–H groups in total. The van der Waals surface area contributed by atoms with Gasteiger partial charge >= 0.3 is 12.3 Å². The highest BCUT2D eigenvalue weighted by atomic mass is 19.4. The van der Waals surface area contributed by atoms with E-state index in [-0.39, 0.29) is 18.2 Å². The molecular weight excluding hydrogens is 337 g/mol. The zero-order valence-electron chi connectivity index (χ0n) is 15.3. The average molecular weight is 366 g/mol. The second kappa shape index (κ2) is 7.70. The van der Waals surface area contributed by atoms with Crippen LogP contribution in [0, 0.1) is 0 Å². The molecule has 0 aromatic rings. The molecular formula is C17H29F3N2O3. The number of halogens is 3. The molecule has 0 aromatic carbocycles. The van der Waals surface area contributed by atoms with E-state index in [2.05, 4.69) is 9.64 Å². The molecule has 0 saturated carbocycles. The lowest BCUT2D eigenvalue weighted by atomic mass is 9.77. The van der Waals surface area contributed by atoms with Crippen molar-refractivity contribution in [2.75, 3.05) is 39.4 Å². The van der Waals surface area contributed by atoms with E-state index < -0.39 is 18.4 Å². The molecule has 2 rings (SSSR count). The van der Waals surface area contributed by atoms with Crippen LogP contribution in [0.3, 0.4) is 0 Å². The zero-order chi connectivity index (χ0) is 18.7. The van der Waals surface area contributed by atoms with Crippen LogP contribution in [-0.4, -0.2) is 72.6 Å². The van der Waals surface area contributed by atoms with Crippen molar-refractivity contribution in [2.24, 2.45) is 0 Å². The summed E-state index contributed by atoms with van der Waals surface area (Å²) in [6.07, 6.45) is -1.06. The third kappa shape index (κ3) is 6.02. The third-order valence-electron chi connectivity index (χ3n) is 4.71. The minimum absolute atomic E-state index is 0.0425. The van der Waals surface area contributed by atoms with Gasteiger partial charge in [-0.2, -0.15) is 13.2 Å². The van der Waals surface area contributed by atoms with E-state index in [9.17, 15) is 18.0 Å². The fourth-order valence-electron chi connectivity index (χ4n) is 3.54. The summed E-state index contributed by atoms with van der Waals surface area (Å²) < 4.78 is 46.3. The smallest absolute Gasteiger partial charge is 0.411 e. The standard InChI is InChI=1S/C17H29F3N2O3/c1-15(2,3)25-14(23)21-8-4-6-16(12-21)7-10-22(16)9-5-11-24-13-17(18,19)20/h4-13H2,1-3H3/t16-/m1/s1. The normalized spacial score (nSPS) is 25.1. The van der Waals surface area contributed by atoms with Crippen molar-refractivity contribution in [3.8, 4) is 0 Å². The van der Waals surface area contributed by atoms with Crippen molar-refractivity contribution in [3.63, 3.8) is 0 Å². The summed E-state index contributed by atoms with van der Waals surface area (Å²) in [6.45, 7) is 7.39. The van der Waals surface area contributed by atoms with Crippen molar-refractivity contribution in [2.45, 2.75) is 63.8 Å². The molecule has 2 saturated heterocycles. The number of carbonyl (C=O) groups is 1. The number of ether oxygens (including phenoxy) is 2. The van der Waals surface area contributed by atoms with Crippen LogP contribution >= 0.6 is 0 Å². The SMILES string of the molecule is CC(C)(C)OC(=O)N1CCC[C@@]2(CCN2CCCOCC(F)(F)F)C1. The summed E-state index contributed by atoms with van der Waals surface area (Å²) in [5.41, 5.74) is -0.560. The number of rotatable bonds is 5. The lowest BCUT2D eigenvalue weighted by molar-refractivity contribution is -0.174. The van der Waals surface area contributed by atoms with E-state index in [1.807, 2.05) is 20.8 Å². The fraction of sp³-hybridized carbons (Fsp3) is 0.941. The Morgan fingerprint density at radius 1 is 1.16 bits per heavy atom. The monoisotopic (exact) mass is 366 g/mol. The minimum Gasteiger partial charge on any atom is -0.444 e. The van der Waals surface area contributed by atoms with Gasteiger partial charge in [0.25, 0.3) is 0 Å². The molecule has 0 radical (unpaired) electrons. The number of hydrogen-bond donors (Lipinski definition) is 0. The Morgan fingerprint density at radius 3 is 2.44 bits per heavy atom. The van der Waals surface area contributed by atoms with Crippen LogP contribution in [0.5, 0.6) is 0 Å². The Morgan fingerprint density at radius 2 is 1.88 bits per heavy atom. The van der Waals surface area contributed by atoms with Gasteiger partial charge in [-0.05, 0) is 46.5 Å². The van der Waals surface area contributed by atoms with Crippen molar-refractivity contribution in [3.05, 3.63) is 0 Å². The molecule has 5 nitrogen and oxygen atoms in total. The third-order valence-corrected chi connectivity index (χ3v) is 4.71. The fourth-order valence-corrected chi connectivity index (χ4v) is 3.54. The highest BCUT2D eigenvalue weighted by Gasteiger charge is 2.48. The highest BCUT2D eigenvalue weighted by molar-refractivity contribution is 5.68. The Balaban J connectivity index is 1.77. The quantitative estimate of drug-likeness (QED) is 0.699. The molecule has 1 atom stereocenters. The molecule has 25 heavy (non-hydrogen) atoms. The highest BCUT2D eigenvalue weighted by Crippen LogP contribution is 2.39. The van der Waals surface area contributed by atoms with Crippen molar-refractivity contribution < 1.29 is 27.4 Å².